The van der Waals surface area contributed by atoms with Gasteiger partial charge in [-0.1, -0.05) is 13.8 Å². The Hall–Kier alpha value is -0.120. The van der Waals surface area contributed by atoms with Crippen LogP contribution in [0.1, 0.15) is 52.4 Å². The Morgan fingerprint density at radius 2 is 1.95 bits per heavy atom. The van der Waals surface area contributed by atoms with Gasteiger partial charge in [0.15, 0.2) is 0 Å². The summed E-state index contributed by atoms with van der Waals surface area (Å²) in [6.07, 6.45) is 7.42. The average Bonchev–Trinajstić information content (AvgIpc) is 2.42. The zero-order valence-corrected chi connectivity index (χ0v) is 13.6. The lowest BCUT2D eigenvalue weighted by Crippen LogP contribution is -2.41. The SMILES string of the molecule is CC(C)C1CCC(O)C(CN(C)CC2CCCCO2)C1. The van der Waals surface area contributed by atoms with E-state index in [2.05, 4.69) is 25.8 Å². The van der Waals surface area contributed by atoms with Gasteiger partial charge in [0, 0.05) is 19.7 Å². The van der Waals surface area contributed by atoms with E-state index < -0.39 is 0 Å². The smallest absolute Gasteiger partial charge is 0.0701 e. The molecule has 1 N–H and O–H groups in total. The molecular weight excluding hydrogens is 250 g/mol. The summed E-state index contributed by atoms with van der Waals surface area (Å²) in [6.45, 7) is 7.61. The third-order valence-electron chi connectivity index (χ3n) is 5.26. The molecule has 2 rings (SSSR count). The topological polar surface area (TPSA) is 32.7 Å². The largest absolute Gasteiger partial charge is 0.393 e. The van der Waals surface area contributed by atoms with Gasteiger partial charge in [0.05, 0.1) is 12.2 Å². The van der Waals surface area contributed by atoms with Crippen molar-refractivity contribution in [3.8, 4) is 0 Å². The minimum absolute atomic E-state index is 0.0975. The van der Waals surface area contributed by atoms with Crippen molar-refractivity contribution in [2.24, 2.45) is 17.8 Å². The normalized spacial score (nSPS) is 35.7. The van der Waals surface area contributed by atoms with E-state index in [1.54, 1.807) is 0 Å². The maximum Gasteiger partial charge on any atom is 0.0701 e. The molecule has 118 valence electrons. The van der Waals surface area contributed by atoms with Crippen molar-refractivity contribution >= 4 is 0 Å². The quantitative estimate of drug-likeness (QED) is 0.842. The molecule has 1 saturated heterocycles. The molecule has 0 spiro atoms. The molecule has 0 amide bonds. The Balaban J connectivity index is 1.77. The number of ether oxygens (including phenoxy) is 1. The molecule has 0 aromatic rings. The van der Waals surface area contributed by atoms with Crippen molar-refractivity contribution in [1.82, 2.24) is 4.90 Å². The fraction of sp³-hybridized carbons (Fsp3) is 1.00. The number of aliphatic hydroxyl groups excluding tert-OH is 1. The Morgan fingerprint density at radius 3 is 2.60 bits per heavy atom. The summed E-state index contributed by atoms with van der Waals surface area (Å²) in [6, 6.07) is 0. The van der Waals surface area contributed by atoms with E-state index in [1.165, 1.54) is 32.1 Å². The van der Waals surface area contributed by atoms with Crippen molar-refractivity contribution in [2.45, 2.75) is 64.6 Å². The highest BCUT2D eigenvalue weighted by atomic mass is 16.5. The maximum atomic E-state index is 10.3. The molecular formula is C17H33NO2. The zero-order chi connectivity index (χ0) is 14.5. The Bertz CT molecular complexity index is 276. The lowest BCUT2D eigenvalue weighted by molar-refractivity contribution is -0.0174. The summed E-state index contributed by atoms with van der Waals surface area (Å²) >= 11 is 0. The van der Waals surface area contributed by atoms with E-state index >= 15 is 0 Å². The van der Waals surface area contributed by atoms with Gasteiger partial charge in [-0.05, 0) is 63.3 Å². The predicted octanol–water partition coefficient (Wildman–Crippen LogP) is 2.92. The first-order valence-corrected chi connectivity index (χ1v) is 8.54. The van der Waals surface area contributed by atoms with Crippen molar-refractivity contribution in [3.05, 3.63) is 0 Å². The lowest BCUT2D eigenvalue weighted by atomic mass is 9.74. The van der Waals surface area contributed by atoms with Crippen LogP contribution in [0.25, 0.3) is 0 Å². The molecule has 1 aliphatic heterocycles. The van der Waals surface area contributed by atoms with Gasteiger partial charge in [0.25, 0.3) is 0 Å². The second-order valence-corrected chi connectivity index (χ2v) is 7.35. The molecule has 0 aromatic heterocycles. The molecule has 1 saturated carbocycles. The van der Waals surface area contributed by atoms with Crippen LogP contribution < -0.4 is 0 Å². The first-order chi connectivity index (χ1) is 9.56. The van der Waals surface area contributed by atoms with Crippen LogP contribution in [0.2, 0.25) is 0 Å². The average molecular weight is 283 g/mol. The van der Waals surface area contributed by atoms with Crippen LogP contribution >= 0.6 is 0 Å². The molecule has 3 nitrogen and oxygen atoms in total. The van der Waals surface area contributed by atoms with E-state index in [9.17, 15) is 5.11 Å². The minimum atomic E-state index is -0.0975. The van der Waals surface area contributed by atoms with E-state index in [-0.39, 0.29) is 6.10 Å². The molecule has 0 aromatic carbocycles. The minimum Gasteiger partial charge on any atom is -0.393 e. The third-order valence-corrected chi connectivity index (χ3v) is 5.26. The first-order valence-electron chi connectivity index (χ1n) is 8.54. The van der Waals surface area contributed by atoms with Crippen molar-refractivity contribution in [2.75, 3.05) is 26.7 Å². The number of rotatable bonds is 5. The summed E-state index contributed by atoms with van der Waals surface area (Å²) in [5.74, 6) is 1.99. The monoisotopic (exact) mass is 283 g/mol. The Kier molecular flexibility index (Phi) is 6.31. The number of hydrogen-bond donors (Lipinski definition) is 1. The summed E-state index contributed by atoms with van der Waals surface area (Å²) in [5.41, 5.74) is 0. The lowest BCUT2D eigenvalue weighted by Gasteiger charge is -2.38. The third kappa shape index (κ3) is 4.71. The van der Waals surface area contributed by atoms with E-state index in [4.69, 9.17) is 4.74 Å². The summed E-state index contributed by atoms with van der Waals surface area (Å²) in [7, 11) is 2.18. The Labute approximate surface area is 124 Å². The second kappa shape index (κ2) is 7.77. The van der Waals surface area contributed by atoms with Crippen LogP contribution in [0.15, 0.2) is 0 Å². The van der Waals surface area contributed by atoms with Crippen LogP contribution in [0, 0.1) is 17.8 Å². The second-order valence-electron chi connectivity index (χ2n) is 7.35. The standard InChI is InChI=1S/C17H33NO2/c1-13(2)14-7-8-17(19)15(10-14)11-18(3)12-16-6-4-5-9-20-16/h13-17,19H,4-12H2,1-3H3. The van der Waals surface area contributed by atoms with Crippen LogP contribution in [-0.2, 0) is 4.74 Å². The summed E-state index contributed by atoms with van der Waals surface area (Å²) in [4.78, 5) is 2.38. The number of hydrogen-bond acceptors (Lipinski definition) is 3. The molecule has 3 heteroatoms. The molecule has 2 aliphatic rings. The van der Waals surface area contributed by atoms with Crippen molar-refractivity contribution in [1.29, 1.82) is 0 Å². The highest BCUT2D eigenvalue weighted by Crippen LogP contribution is 2.34. The molecule has 20 heavy (non-hydrogen) atoms. The predicted molar refractivity (Wildman–Crippen MR) is 82.8 cm³/mol. The van der Waals surface area contributed by atoms with Crippen molar-refractivity contribution in [3.63, 3.8) is 0 Å². The van der Waals surface area contributed by atoms with Crippen LogP contribution in [0.3, 0.4) is 0 Å². The molecule has 2 fully saturated rings. The molecule has 1 heterocycles. The number of likely N-dealkylation sites (N-methyl/N-ethyl adjacent to an activating group) is 1. The molecule has 0 radical (unpaired) electrons. The number of nitrogens with zero attached hydrogens (tertiary/aromatic N) is 1. The van der Waals surface area contributed by atoms with Gasteiger partial charge in [-0.2, -0.15) is 0 Å². The Morgan fingerprint density at radius 1 is 1.15 bits per heavy atom. The fourth-order valence-corrected chi connectivity index (χ4v) is 3.86. The maximum absolute atomic E-state index is 10.3. The highest BCUT2D eigenvalue weighted by molar-refractivity contribution is 4.83. The summed E-state index contributed by atoms with van der Waals surface area (Å²) < 4.78 is 5.82. The van der Waals surface area contributed by atoms with Gasteiger partial charge in [-0.25, -0.2) is 0 Å². The van der Waals surface area contributed by atoms with Gasteiger partial charge in [-0.15, -0.1) is 0 Å². The van der Waals surface area contributed by atoms with Crippen molar-refractivity contribution < 1.29 is 9.84 Å². The van der Waals surface area contributed by atoms with Gasteiger partial charge in [0.1, 0.15) is 0 Å². The van der Waals surface area contributed by atoms with E-state index in [0.29, 0.717) is 12.0 Å². The van der Waals surface area contributed by atoms with Crippen LogP contribution in [-0.4, -0.2) is 49.0 Å². The van der Waals surface area contributed by atoms with Crippen LogP contribution in [0.5, 0.6) is 0 Å². The summed E-state index contributed by atoms with van der Waals surface area (Å²) in [5, 5.41) is 10.3. The number of aliphatic hydroxyl groups is 1. The highest BCUT2D eigenvalue weighted by Gasteiger charge is 2.31. The molecule has 4 atom stereocenters. The van der Waals surface area contributed by atoms with Crippen LogP contribution in [0.4, 0.5) is 0 Å². The van der Waals surface area contributed by atoms with Gasteiger partial charge < -0.3 is 14.7 Å². The molecule has 4 unspecified atom stereocenters. The molecule has 1 aliphatic carbocycles. The van der Waals surface area contributed by atoms with Gasteiger partial charge in [0.2, 0.25) is 0 Å². The van der Waals surface area contributed by atoms with E-state index in [1.807, 2.05) is 0 Å². The first kappa shape index (κ1) is 16.3. The molecule has 0 bridgehead atoms. The van der Waals surface area contributed by atoms with E-state index in [0.717, 1.165) is 38.0 Å². The van der Waals surface area contributed by atoms with Gasteiger partial charge >= 0.3 is 0 Å². The zero-order valence-electron chi connectivity index (χ0n) is 13.6. The van der Waals surface area contributed by atoms with Gasteiger partial charge in [-0.3, -0.25) is 0 Å². The fourth-order valence-electron chi connectivity index (χ4n) is 3.86.